The van der Waals surface area contributed by atoms with E-state index in [4.69, 9.17) is 11.6 Å². The number of anilines is 2. The Kier molecular flexibility index (Phi) is 3.05. The van der Waals surface area contributed by atoms with E-state index in [1.807, 2.05) is 13.2 Å². The smallest absolute Gasteiger partial charge is 0.153 e. The SMILES string of the molecule is CCc1nn(C)cc1Nc1cnnc(Cl)c1. The lowest BCUT2D eigenvalue weighted by Gasteiger charge is -2.04. The maximum Gasteiger partial charge on any atom is 0.153 e. The lowest BCUT2D eigenvalue weighted by molar-refractivity contribution is 0.746. The van der Waals surface area contributed by atoms with Crippen molar-refractivity contribution in [1.29, 1.82) is 0 Å². The van der Waals surface area contributed by atoms with Crippen LogP contribution in [0.3, 0.4) is 0 Å². The molecule has 0 bridgehead atoms. The molecule has 5 nitrogen and oxygen atoms in total. The van der Waals surface area contributed by atoms with Gasteiger partial charge < -0.3 is 5.32 Å². The van der Waals surface area contributed by atoms with Crippen LogP contribution in [0.5, 0.6) is 0 Å². The molecule has 0 aliphatic heterocycles. The highest BCUT2D eigenvalue weighted by molar-refractivity contribution is 6.29. The van der Waals surface area contributed by atoms with Crippen LogP contribution < -0.4 is 5.32 Å². The summed E-state index contributed by atoms with van der Waals surface area (Å²) in [4.78, 5) is 0. The number of rotatable bonds is 3. The maximum atomic E-state index is 5.76. The van der Waals surface area contributed by atoms with Crippen molar-refractivity contribution < 1.29 is 0 Å². The van der Waals surface area contributed by atoms with Gasteiger partial charge in [-0.3, -0.25) is 4.68 Å². The average Bonchev–Trinajstić information content (AvgIpc) is 2.59. The van der Waals surface area contributed by atoms with Crippen molar-refractivity contribution in [3.8, 4) is 0 Å². The molecule has 0 radical (unpaired) electrons. The topological polar surface area (TPSA) is 55.6 Å². The molecule has 1 N–H and O–H groups in total. The lowest BCUT2D eigenvalue weighted by atomic mass is 10.3. The second kappa shape index (κ2) is 4.49. The highest BCUT2D eigenvalue weighted by Gasteiger charge is 2.06. The third-order valence-corrected chi connectivity index (χ3v) is 2.33. The van der Waals surface area contributed by atoms with Crippen LogP contribution in [0.1, 0.15) is 12.6 Å². The van der Waals surface area contributed by atoms with E-state index in [0.717, 1.165) is 23.5 Å². The molecule has 6 heteroatoms. The van der Waals surface area contributed by atoms with E-state index in [1.165, 1.54) is 0 Å². The molecule has 0 saturated carbocycles. The van der Waals surface area contributed by atoms with Crippen LogP contribution in [0.25, 0.3) is 0 Å². The highest BCUT2D eigenvalue weighted by Crippen LogP contribution is 2.20. The molecule has 0 amide bonds. The number of nitrogens with zero attached hydrogens (tertiary/aromatic N) is 4. The number of hydrogen-bond acceptors (Lipinski definition) is 4. The molecule has 0 aliphatic rings. The van der Waals surface area contributed by atoms with Crippen LogP contribution in [0, 0.1) is 0 Å². The van der Waals surface area contributed by atoms with Crippen molar-refractivity contribution >= 4 is 23.0 Å². The van der Waals surface area contributed by atoms with Crippen molar-refractivity contribution in [2.45, 2.75) is 13.3 Å². The quantitative estimate of drug-likeness (QED) is 0.889. The summed E-state index contributed by atoms with van der Waals surface area (Å²) in [6.45, 7) is 2.06. The Labute approximate surface area is 98.5 Å². The number of hydrogen-bond donors (Lipinski definition) is 1. The summed E-state index contributed by atoms with van der Waals surface area (Å²) in [5.41, 5.74) is 2.78. The zero-order valence-electron chi connectivity index (χ0n) is 9.11. The molecule has 0 fully saturated rings. The van der Waals surface area contributed by atoms with Crippen LogP contribution in [0.4, 0.5) is 11.4 Å². The predicted octanol–water partition coefficient (Wildman–Crippen LogP) is 2.17. The van der Waals surface area contributed by atoms with Crippen LogP contribution in [-0.4, -0.2) is 20.0 Å². The molecule has 0 saturated heterocycles. The molecule has 2 heterocycles. The maximum absolute atomic E-state index is 5.76. The van der Waals surface area contributed by atoms with Crippen molar-refractivity contribution in [2.75, 3.05) is 5.32 Å². The minimum atomic E-state index is 0.368. The summed E-state index contributed by atoms with van der Waals surface area (Å²) >= 11 is 5.76. The van der Waals surface area contributed by atoms with Gasteiger partial charge >= 0.3 is 0 Å². The van der Waals surface area contributed by atoms with E-state index in [1.54, 1.807) is 16.9 Å². The fourth-order valence-corrected chi connectivity index (χ4v) is 1.63. The third-order valence-electron chi connectivity index (χ3n) is 2.14. The van der Waals surface area contributed by atoms with Crippen LogP contribution >= 0.6 is 11.6 Å². The van der Waals surface area contributed by atoms with Crippen LogP contribution in [0.2, 0.25) is 5.15 Å². The largest absolute Gasteiger partial charge is 0.351 e. The molecule has 84 valence electrons. The summed E-state index contributed by atoms with van der Waals surface area (Å²) in [7, 11) is 1.89. The molecule has 0 spiro atoms. The standard InChI is InChI=1S/C10H12ClN5/c1-3-8-9(6-16(2)15-8)13-7-4-10(11)14-12-5-7/h4-6H,3H2,1-2H3,(H,13,14). The van der Waals surface area contributed by atoms with Crippen molar-refractivity contribution in [3.63, 3.8) is 0 Å². The van der Waals surface area contributed by atoms with Gasteiger partial charge in [-0.15, -0.1) is 5.10 Å². The van der Waals surface area contributed by atoms with Gasteiger partial charge in [0.15, 0.2) is 5.15 Å². The van der Waals surface area contributed by atoms with E-state index in [9.17, 15) is 0 Å². The summed E-state index contributed by atoms with van der Waals surface area (Å²) in [5.74, 6) is 0. The molecular weight excluding hydrogens is 226 g/mol. The minimum Gasteiger partial charge on any atom is -0.351 e. The number of halogens is 1. The zero-order valence-corrected chi connectivity index (χ0v) is 9.86. The molecule has 0 unspecified atom stereocenters. The first kappa shape index (κ1) is 10.9. The van der Waals surface area contributed by atoms with E-state index in [0.29, 0.717) is 5.15 Å². The van der Waals surface area contributed by atoms with Gasteiger partial charge in [-0.05, 0) is 6.42 Å². The number of aryl methyl sites for hydroxylation is 2. The Bertz CT molecular complexity index is 494. The average molecular weight is 238 g/mol. The first-order chi connectivity index (χ1) is 7.69. The van der Waals surface area contributed by atoms with Gasteiger partial charge in [0.2, 0.25) is 0 Å². The van der Waals surface area contributed by atoms with Gasteiger partial charge in [0.25, 0.3) is 0 Å². The van der Waals surface area contributed by atoms with Gasteiger partial charge in [-0.2, -0.15) is 10.2 Å². The van der Waals surface area contributed by atoms with E-state index in [-0.39, 0.29) is 0 Å². The molecule has 2 aromatic heterocycles. The number of nitrogens with one attached hydrogen (secondary N) is 1. The second-order valence-electron chi connectivity index (χ2n) is 3.41. The summed E-state index contributed by atoms with van der Waals surface area (Å²) in [6, 6.07) is 1.72. The molecule has 0 atom stereocenters. The molecule has 2 aromatic rings. The van der Waals surface area contributed by atoms with Gasteiger partial charge in [-0.1, -0.05) is 18.5 Å². The van der Waals surface area contributed by atoms with E-state index < -0.39 is 0 Å². The first-order valence-electron chi connectivity index (χ1n) is 4.97. The molecule has 16 heavy (non-hydrogen) atoms. The summed E-state index contributed by atoms with van der Waals surface area (Å²) in [6.07, 6.45) is 4.42. The number of aromatic nitrogens is 4. The van der Waals surface area contributed by atoms with E-state index in [2.05, 4.69) is 27.5 Å². The molecular formula is C10H12ClN5. The Morgan fingerprint density at radius 1 is 1.50 bits per heavy atom. The Hall–Kier alpha value is -1.62. The Morgan fingerprint density at radius 3 is 3.00 bits per heavy atom. The summed E-state index contributed by atoms with van der Waals surface area (Å²) in [5, 5.41) is 15.4. The lowest BCUT2D eigenvalue weighted by Crippen LogP contribution is -1.94. The third kappa shape index (κ3) is 2.30. The minimum absolute atomic E-state index is 0.368. The van der Waals surface area contributed by atoms with Crippen LogP contribution in [-0.2, 0) is 13.5 Å². The van der Waals surface area contributed by atoms with Gasteiger partial charge in [0.1, 0.15) is 0 Å². The zero-order chi connectivity index (χ0) is 11.5. The van der Waals surface area contributed by atoms with Crippen molar-refractivity contribution in [3.05, 3.63) is 29.3 Å². The molecule has 0 aromatic carbocycles. The Balaban J connectivity index is 2.26. The summed E-state index contributed by atoms with van der Waals surface area (Å²) < 4.78 is 1.78. The van der Waals surface area contributed by atoms with E-state index >= 15 is 0 Å². The Morgan fingerprint density at radius 2 is 2.31 bits per heavy atom. The fourth-order valence-electron chi connectivity index (χ4n) is 1.46. The first-order valence-corrected chi connectivity index (χ1v) is 5.34. The van der Waals surface area contributed by atoms with Crippen molar-refractivity contribution in [1.82, 2.24) is 20.0 Å². The van der Waals surface area contributed by atoms with Gasteiger partial charge in [0.05, 0.1) is 23.3 Å². The highest BCUT2D eigenvalue weighted by atomic mass is 35.5. The second-order valence-corrected chi connectivity index (χ2v) is 3.80. The monoisotopic (exact) mass is 237 g/mol. The molecule has 0 aliphatic carbocycles. The van der Waals surface area contributed by atoms with Crippen LogP contribution in [0.15, 0.2) is 18.5 Å². The van der Waals surface area contributed by atoms with Crippen molar-refractivity contribution in [2.24, 2.45) is 7.05 Å². The fraction of sp³-hybridized carbons (Fsp3) is 0.300. The van der Waals surface area contributed by atoms with Gasteiger partial charge in [-0.25, -0.2) is 0 Å². The van der Waals surface area contributed by atoms with Gasteiger partial charge in [0, 0.05) is 19.3 Å². The predicted molar refractivity (Wildman–Crippen MR) is 62.9 cm³/mol. The molecule has 2 rings (SSSR count). The normalized spacial score (nSPS) is 10.4.